The van der Waals surface area contributed by atoms with E-state index < -0.39 is 5.97 Å². The van der Waals surface area contributed by atoms with Crippen molar-refractivity contribution in [3.05, 3.63) is 35.9 Å². The van der Waals surface area contributed by atoms with Gasteiger partial charge in [0.15, 0.2) is 0 Å². The number of hydrogen-bond acceptors (Lipinski definition) is 2. The van der Waals surface area contributed by atoms with Crippen LogP contribution in [0.5, 0.6) is 0 Å². The monoisotopic (exact) mass is 233 g/mol. The summed E-state index contributed by atoms with van der Waals surface area (Å²) in [6.45, 7) is 3.83. The predicted molar refractivity (Wildman–Crippen MR) is 66.7 cm³/mol. The Hall–Kier alpha value is -1.35. The zero-order valence-electron chi connectivity index (χ0n) is 10.2. The summed E-state index contributed by atoms with van der Waals surface area (Å²) in [6, 6.07) is 10.4. The van der Waals surface area contributed by atoms with Crippen LogP contribution < -0.4 is 0 Å². The Morgan fingerprint density at radius 1 is 1.41 bits per heavy atom. The zero-order chi connectivity index (χ0) is 12.3. The van der Waals surface area contributed by atoms with Gasteiger partial charge in [-0.05, 0) is 24.9 Å². The number of carboxylic acid groups (broad SMARTS) is 1. The molecule has 3 nitrogen and oxygen atoms in total. The summed E-state index contributed by atoms with van der Waals surface area (Å²) in [4.78, 5) is 13.4. The smallest absolute Gasteiger partial charge is 0.308 e. The number of rotatable bonds is 4. The number of carbonyl (C=O) groups is 1. The Morgan fingerprint density at radius 3 is 2.71 bits per heavy atom. The number of nitrogens with zero attached hydrogens (tertiary/aromatic N) is 1. The van der Waals surface area contributed by atoms with Crippen molar-refractivity contribution in [2.45, 2.75) is 32.4 Å². The molecule has 0 aliphatic carbocycles. The molecule has 3 heteroatoms. The second-order valence-electron chi connectivity index (χ2n) is 4.67. The summed E-state index contributed by atoms with van der Waals surface area (Å²) in [7, 11) is 0. The van der Waals surface area contributed by atoms with Crippen molar-refractivity contribution in [1.29, 1.82) is 0 Å². The first-order valence-corrected chi connectivity index (χ1v) is 6.23. The maximum Gasteiger partial charge on any atom is 0.308 e. The Balaban J connectivity index is 2.05. The molecule has 0 saturated carbocycles. The number of aliphatic carboxylic acids is 1. The maximum atomic E-state index is 11.1. The van der Waals surface area contributed by atoms with Gasteiger partial charge in [-0.15, -0.1) is 0 Å². The van der Waals surface area contributed by atoms with E-state index in [1.807, 2.05) is 18.2 Å². The van der Waals surface area contributed by atoms with Crippen LogP contribution >= 0.6 is 0 Å². The molecule has 1 N–H and O–H groups in total. The average Bonchev–Trinajstić information content (AvgIpc) is 2.73. The molecule has 0 bridgehead atoms. The summed E-state index contributed by atoms with van der Waals surface area (Å²) < 4.78 is 0. The van der Waals surface area contributed by atoms with Gasteiger partial charge in [0.05, 0.1) is 5.92 Å². The summed E-state index contributed by atoms with van der Waals surface area (Å²) in [6.07, 6.45) is 1.68. The van der Waals surface area contributed by atoms with Crippen LogP contribution in [0.4, 0.5) is 0 Å². The van der Waals surface area contributed by atoms with Gasteiger partial charge in [0.1, 0.15) is 0 Å². The van der Waals surface area contributed by atoms with Gasteiger partial charge in [-0.1, -0.05) is 37.3 Å². The molecule has 2 unspecified atom stereocenters. The topological polar surface area (TPSA) is 40.5 Å². The molecule has 1 aliphatic rings. The molecule has 2 rings (SSSR count). The third kappa shape index (κ3) is 2.67. The number of benzene rings is 1. The maximum absolute atomic E-state index is 11.1. The van der Waals surface area contributed by atoms with Gasteiger partial charge in [-0.3, -0.25) is 9.69 Å². The minimum absolute atomic E-state index is 0.188. The van der Waals surface area contributed by atoms with E-state index >= 15 is 0 Å². The highest BCUT2D eigenvalue weighted by Gasteiger charge is 2.37. The summed E-state index contributed by atoms with van der Waals surface area (Å²) in [5, 5.41) is 9.17. The molecule has 0 spiro atoms. The molecule has 1 fully saturated rings. The number of carboxylic acids is 1. The largest absolute Gasteiger partial charge is 0.481 e. The molecular formula is C14H19NO2. The van der Waals surface area contributed by atoms with Crippen LogP contribution in [0.15, 0.2) is 30.3 Å². The lowest BCUT2D eigenvalue weighted by atomic mass is 9.98. The van der Waals surface area contributed by atoms with Crippen molar-refractivity contribution in [3.8, 4) is 0 Å². The van der Waals surface area contributed by atoms with E-state index in [-0.39, 0.29) is 12.0 Å². The van der Waals surface area contributed by atoms with Crippen LogP contribution in [0, 0.1) is 5.92 Å². The van der Waals surface area contributed by atoms with Crippen LogP contribution in [-0.2, 0) is 11.3 Å². The molecule has 1 saturated heterocycles. The fourth-order valence-electron chi connectivity index (χ4n) is 2.76. The molecule has 1 aliphatic heterocycles. The first-order valence-electron chi connectivity index (χ1n) is 6.23. The molecule has 1 heterocycles. The Labute approximate surface area is 102 Å². The van der Waals surface area contributed by atoms with Gasteiger partial charge in [0.25, 0.3) is 0 Å². The summed E-state index contributed by atoms with van der Waals surface area (Å²) in [5.41, 5.74) is 1.26. The molecule has 17 heavy (non-hydrogen) atoms. The Morgan fingerprint density at radius 2 is 2.12 bits per heavy atom. The minimum atomic E-state index is -0.646. The number of hydrogen-bond donors (Lipinski definition) is 1. The molecule has 1 aromatic rings. The summed E-state index contributed by atoms with van der Waals surface area (Å²) in [5.74, 6) is -0.837. The molecular weight excluding hydrogens is 214 g/mol. The standard InChI is InChI=1S/C14H19NO2/c1-2-13-12(14(16)17)8-9-15(13)10-11-6-4-3-5-7-11/h3-7,12-13H,2,8-10H2,1H3,(H,16,17). The van der Waals surface area contributed by atoms with Crippen LogP contribution in [0.25, 0.3) is 0 Å². The first kappa shape index (κ1) is 12.1. The third-order valence-electron chi connectivity index (χ3n) is 3.62. The van der Waals surface area contributed by atoms with Gasteiger partial charge in [-0.25, -0.2) is 0 Å². The third-order valence-corrected chi connectivity index (χ3v) is 3.62. The first-order chi connectivity index (χ1) is 8.22. The SMILES string of the molecule is CCC1C(C(=O)O)CCN1Cc1ccccc1. The van der Waals surface area contributed by atoms with Crippen LogP contribution in [-0.4, -0.2) is 28.6 Å². The number of likely N-dealkylation sites (tertiary alicyclic amines) is 1. The van der Waals surface area contributed by atoms with Crippen molar-refractivity contribution in [1.82, 2.24) is 4.90 Å². The lowest BCUT2D eigenvalue weighted by molar-refractivity contribution is -0.142. The van der Waals surface area contributed by atoms with Crippen LogP contribution in [0.1, 0.15) is 25.3 Å². The van der Waals surface area contributed by atoms with Crippen molar-refractivity contribution in [2.75, 3.05) is 6.54 Å². The van der Waals surface area contributed by atoms with E-state index in [0.717, 1.165) is 25.9 Å². The van der Waals surface area contributed by atoms with Gasteiger partial charge in [0.2, 0.25) is 0 Å². The Bertz CT molecular complexity index is 377. The second-order valence-corrected chi connectivity index (χ2v) is 4.67. The van der Waals surface area contributed by atoms with E-state index in [0.29, 0.717) is 0 Å². The van der Waals surface area contributed by atoms with Gasteiger partial charge >= 0.3 is 5.97 Å². The van der Waals surface area contributed by atoms with Crippen molar-refractivity contribution >= 4 is 5.97 Å². The van der Waals surface area contributed by atoms with Crippen molar-refractivity contribution < 1.29 is 9.90 Å². The highest BCUT2D eigenvalue weighted by molar-refractivity contribution is 5.71. The van der Waals surface area contributed by atoms with Gasteiger partial charge in [0, 0.05) is 12.6 Å². The van der Waals surface area contributed by atoms with Gasteiger partial charge < -0.3 is 5.11 Å². The van der Waals surface area contributed by atoms with E-state index in [1.165, 1.54) is 5.56 Å². The predicted octanol–water partition coefficient (Wildman–Crippen LogP) is 2.37. The molecule has 92 valence electrons. The minimum Gasteiger partial charge on any atom is -0.481 e. The fraction of sp³-hybridized carbons (Fsp3) is 0.500. The van der Waals surface area contributed by atoms with E-state index in [1.54, 1.807) is 0 Å². The molecule has 0 amide bonds. The van der Waals surface area contributed by atoms with Crippen molar-refractivity contribution in [2.24, 2.45) is 5.92 Å². The van der Waals surface area contributed by atoms with Crippen LogP contribution in [0.3, 0.4) is 0 Å². The zero-order valence-corrected chi connectivity index (χ0v) is 10.2. The van der Waals surface area contributed by atoms with Gasteiger partial charge in [-0.2, -0.15) is 0 Å². The molecule has 0 radical (unpaired) electrons. The fourth-order valence-corrected chi connectivity index (χ4v) is 2.76. The lowest BCUT2D eigenvalue weighted by Crippen LogP contribution is -2.34. The van der Waals surface area contributed by atoms with Crippen molar-refractivity contribution in [3.63, 3.8) is 0 Å². The van der Waals surface area contributed by atoms with E-state index in [9.17, 15) is 9.90 Å². The average molecular weight is 233 g/mol. The van der Waals surface area contributed by atoms with E-state index in [2.05, 4.69) is 24.0 Å². The second kappa shape index (κ2) is 5.32. The molecule has 1 aromatic carbocycles. The quantitative estimate of drug-likeness (QED) is 0.868. The van der Waals surface area contributed by atoms with E-state index in [4.69, 9.17) is 0 Å². The normalized spacial score (nSPS) is 25.0. The molecule has 0 aromatic heterocycles. The lowest BCUT2D eigenvalue weighted by Gasteiger charge is -2.25. The highest BCUT2D eigenvalue weighted by Crippen LogP contribution is 2.28. The Kier molecular flexibility index (Phi) is 3.79. The highest BCUT2D eigenvalue weighted by atomic mass is 16.4. The summed E-state index contributed by atoms with van der Waals surface area (Å²) >= 11 is 0. The van der Waals surface area contributed by atoms with Crippen LogP contribution in [0.2, 0.25) is 0 Å². The molecule has 2 atom stereocenters.